The first-order chi connectivity index (χ1) is 19.3. The second-order valence-electron chi connectivity index (χ2n) is 10.2. The topological polar surface area (TPSA) is 241 Å². The molecule has 2 rings (SSSR count). The average molecular weight is 576 g/mol. The standard InChI is InChI=1S/C27H37N5O9/c1-14(2)11-21(27(40)41)32-25(38)19(8-10-23(35)36)30-26(39)20(31-24(37)17(28)7-9-22(33)34)12-15-13-29-18-6-4-3-5-16(15)18/h3-6,13-14,17,19-21,29H,7-12,28H2,1-2H3,(H,30,39)(H,31,37)(H,32,38)(H,33,34)(H,35,36)(H,40,41). The molecule has 4 atom stereocenters. The Hall–Kier alpha value is -4.46. The van der Waals surface area contributed by atoms with Crippen LogP contribution >= 0.6 is 0 Å². The van der Waals surface area contributed by atoms with E-state index in [4.69, 9.17) is 15.9 Å². The Morgan fingerprint density at radius 3 is 1.98 bits per heavy atom. The third-order valence-electron chi connectivity index (χ3n) is 6.34. The van der Waals surface area contributed by atoms with Crippen LogP contribution in [0.5, 0.6) is 0 Å². The van der Waals surface area contributed by atoms with E-state index < -0.39 is 66.2 Å². The van der Waals surface area contributed by atoms with Crippen molar-refractivity contribution in [3.05, 3.63) is 36.0 Å². The molecule has 1 aromatic heterocycles. The number of carboxylic acid groups (broad SMARTS) is 3. The molecular weight excluding hydrogens is 538 g/mol. The summed E-state index contributed by atoms with van der Waals surface area (Å²) in [6.07, 6.45) is 0.316. The van der Waals surface area contributed by atoms with Gasteiger partial charge in [-0.3, -0.25) is 24.0 Å². The number of amides is 3. The number of aromatic amines is 1. The summed E-state index contributed by atoms with van der Waals surface area (Å²) < 4.78 is 0. The number of aromatic nitrogens is 1. The first-order valence-corrected chi connectivity index (χ1v) is 13.2. The minimum absolute atomic E-state index is 0.0500. The molecule has 0 radical (unpaired) electrons. The number of nitrogens with one attached hydrogen (secondary N) is 4. The molecule has 0 bridgehead atoms. The maximum atomic E-state index is 13.5. The van der Waals surface area contributed by atoms with E-state index >= 15 is 0 Å². The fourth-order valence-electron chi connectivity index (χ4n) is 4.19. The number of nitrogens with two attached hydrogens (primary N) is 1. The van der Waals surface area contributed by atoms with Crippen LogP contribution in [0.2, 0.25) is 0 Å². The zero-order valence-corrected chi connectivity index (χ0v) is 22.9. The van der Waals surface area contributed by atoms with Gasteiger partial charge in [0.05, 0.1) is 6.04 Å². The Labute approximate surface area is 236 Å². The average Bonchev–Trinajstić information content (AvgIpc) is 3.30. The number of fused-ring (bicyclic) bond motifs is 1. The van der Waals surface area contributed by atoms with Crippen LogP contribution in [0.4, 0.5) is 0 Å². The number of carbonyl (C=O) groups excluding carboxylic acids is 3. The van der Waals surface area contributed by atoms with Crippen LogP contribution in [0, 0.1) is 5.92 Å². The highest BCUT2D eigenvalue weighted by molar-refractivity contribution is 5.95. The third-order valence-corrected chi connectivity index (χ3v) is 6.34. The lowest BCUT2D eigenvalue weighted by Gasteiger charge is -2.25. The van der Waals surface area contributed by atoms with Crippen LogP contribution in [-0.4, -0.2) is 80.1 Å². The molecule has 0 aliphatic heterocycles. The number of hydrogen-bond acceptors (Lipinski definition) is 7. The minimum Gasteiger partial charge on any atom is -0.481 e. The molecule has 0 saturated heterocycles. The highest BCUT2D eigenvalue weighted by atomic mass is 16.4. The Kier molecular flexibility index (Phi) is 12.3. The maximum Gasteiger partial charge on any atom is 0.326 e. The van der Waals surface area contributed by atoms with Gasteiger partial charge >= 0.3 is 17.9 Å². The smallest absolute Gasteiger partial charge is 0.326 e. The normalized spacial score (nSPS) is 14.0. The first-order valence-electron chi connectivity index (χ1n) is 13.2. The van der Waals surface area contributed by atoms with E-state index in [0.717, 1.165) is 10.9 Å². The van der Waals surface area contributed by atoms with Crippen molar-refractivity contribution < 1.29 is 44.1 Å². The molecule has 1 aromatic carbocycles. The SMILES string of the molecule is CC(C)CC(NC(=O)C(CCC(=O)O)NC(=O)C(Cc1c[nH]c2ccccc12)NC(=O)C(N)CCC(=O)O)C(=O)O. The van der Waals surface area contributed by atoms with Gasteiger partial charge in [-0.1, -0.05) is 32.0 Å². The lowest BCUT2D eigenvalue weighted by Crippen LogP contribution is -2.57. The Balaban J connectivity index is 2.31. The van der Waals surface area contributed by atoms with E-state index in [-0.39, 0.29) is 38.0 Å². The molecule has 224 valence electrons. The van der Waals surface area contributed by atoms with E-state index in [2.05, 4.69) is 20.9 Å². The molecule has 4 unspecified atom stereocenters. The maximum absolute atomic E-state index is 13.5. The molecule has 0 aliphatic carbocycles. The van der Waals surface area contributed by atoms with Crippen LogP contribution < -0.4 is 21.7 Å². The van der Waals surface area contributed by atoms with Crippen molar-refractivity contribution in [3.8, 4) is 0 Å². The number of carboxylic acids is 3. The van der Waals surface area contributed by atoms with Crippen LogP contribution in [0.1, 0.15) is 51.5 Å². The van der Waals surface area contributed by atoms with Gasteiger partial charge in [0.25, 0.3) is 0 Å². The number of rotatable bonds is 17. The van der Waals surface area contributed by atoms with Crippen molar-refractivity contribution >= 4 is 46.5 Å². The van der Waals surface area contributed by atoms with E-state index in [1.165, 1.54) is 0 Å². The van der Waals surface area contributed by atoms with Gasteiger partial charge in [-0.15, -0.1) is 0 Å². The number of para-hydroxylation sites is 1. The van der Waals surface area contributed by atoms with Crippen molar-refractivity contribution in [1.82, 2.24) is 20.9 Å². The molecule has 0 fully saturated rings. The summed E-state index contributed by atoms with van der Waals surface area (Å²) in [5, 5.41) is 35.7. The van der Waals surface area contributed by atoms with Crippen molar-refractivity contribution in [1.29, 1.82) is 0 Å². The van der Waals surface area contributed by atoms with Crippen molar-refractivity contribution in [2.75, 3.05) is 0 Å². The Morgan fingerprint density at radius 2 is 1.37 bits per heavy atom. The Bertz CT molecular complexity index is 1260. The molecule has 0 aliphatic rings. The van der Waals surface area contributed by atoms with E-state index in [0.29, 0.717) is 5.56 Å². The summed E-state index contributed by atoms with van der Waals surface area (Å²) in [6.45, 7) is 3.54. The molecule has 0 saturated carbocycles. The fourth-order valence-corrected chi connectivity index (χ4v) is 4.19. The highest BCUT2D eigenvalue weighted by Gasteiger charge is 2.31. The minimum atomic E-state index is -1.42. The Morgan fingerprint density at radius 1 is 0.805 bits per heavy atom. The van der Waals surface area contributed by atoms with Crippen LogP contribution in [0.3, 0.4) is 0 Å². The fraction of sp³-hybridized carbons (Fsp3) is 0.481. The molecule has 14 nitrogen and oxygen atoms in total. The van der Waals surface area contributed by atoms with Gasteiger partial charge in [-0.05, 0) is 36.8 Å². The predicted octanol–water partition coefficient (Wildman–Crippen LogP) is 0.352. The summed E-state index contributed by atoms with van der Waals surface area (Å²) in [7, 11) is 0. The van der Waals surface area contributed by atoms with Crippen molar-refractivity contribution in [2.24, 2.45) is 11.7 Å². The number of carbonyl (C=O) groups is 6. The van der Waals surface area contributed by atoms with Gasteiger partial charge in [0.2, 0.25) is 17.7 Å². The summed E-state index contributed by atoms with van der Waals surface area (Å²) >= 11 is 0. The lowest BCUT2D eigenvalue weighted by molar-refractivity contribution is -0.143. The largest absolute Gasteiger partial charge is 0.481 e. The summed E-state index contributed by atoms with van der Waals surface area (Å²) in [5.41, 5.74) is 7.25. The number of benzene rings is 1. The van der Waals surface area contributed by atoms with E-state index in [1.54, 1.807) is 32.2 Å². The molecular formula is C27H37N5O9. The zero-order valence-electron chi connectivity index (χ0n) is 22.9. The number of hydrogen-bond donors (Lipinski definition) is 8. The van der Waals surface area contributed by atoms with E-state index in [9.17, 15) is 33.9 Å². The molecule has 41 heavy (non-hydrogen) atoms. The predicted molar refractivity (Wildman–Crippen MR) is 147 cm³/mol. The van der Waals surface area contributed by atoms with Gasteiger partial charge in [-0.25, -0.2) is 4.79 Å². The second-order valence-corrected chi connectivity index (χ2v) is 10.2. The van der Waals surface area contributed by atoms with E-state index in [1.807, 2.05) is 12.1 Å². The van der Waals surface area contributed by atoms with Gasteiger partial charge in [0, 0.05) is 36.4 Å². The van der Waals surface area contributed by atoms with Gasteiger partial charge < -0.3 is 42.0 Å². The molecule has 0 spiro atoms. The molecule has 1 heterocycles. The van der Waals surface area contributed by atoms with Gasteiger partial charge in [0.1, 0.15) is 18.1 Å². The summed E-state index contributed by atoms with van der Waals surface area (Å²) in [4.78, 5) is 76.1. The zero-order chi connectivity index (χ0) is 30.7. The molecule has 9 N–H and O–H groups in total. The van der Waals surface area contributed by atoms with Gasteiger partial charge in [0.15, 0.2) is 0 Å². The second kappa shape index (κ2) is 15.4. The van der Waals surface area contributed by atoms with Crippen molar-refractivity contribution in [3.63, 3.8) is 0 Å². The van der Waals surface area contributed by atoms with Gasteiger partial charge in [-0.2, -0.15) is 0 Å². The molecule has 2 aromatic rings. The quantitative estimate of drug-likeness (QED) is 0.129. The monoisotopic (exact) mass is 575 g/mol. The highest BCUT2D eigenvalue weighted by Crippen LogP contribution is 2.19. The lowest BCUT2D eigenvalue weighted by atomic mass is 10.0. The van der Waals surface area contributed by atoms with Crippen molar-refractivity contribution in [2.45, 2.75) is 76.5 Å². The van der Waals surface area contributed by atoms with Crippen LogP contribution in [0.25, 0.3) is 10.9 Å². The number of aliphatic carboxylic acids is 3. The third kappa shape index (κ3) is 10.6. The molecule has 14 heteroatoms. The van der Waals surface area contributed by atoms with Crippen LogP contribution in [0.15, 0.2) is 30.5 Å². The molecule has 3 amide bonds. The number of H-pyrrole nitrogens is 1. The summed E-state index contributed by atoms with van der Waals surface area (Å²) in [6, 6.07) is 2.02. The van der Waals surface area contributed by atoms with Crippen LogP contribution in [-0.2, 0) is 35.2 Å². The first kappa shape index (κ1) is 32.8. The summed E-state index contributed by atoms with van der Waals surface area (Å²) in [5.74, 6) is -6.26.